The molecule has 42 heavy (non-hydrogen) atoms. The zero-order valence-electron chi connectivity index (χ0n) is 23.3. The molecule has 2 unspecified atom stereocenters. The first-order chi connectivity index (χ1) is 20.4. The number of nitrogens with one attached hydrogen (secondary N) is 1. The highest BCUT2D eigenvalue weighted by atomic mass is 16.3. The van der Waals surface area contributed by atoms with Crippen molar-refractivity contribution in [3.63, 3.8) is 0 Å². The van der Waals surface area contributed by atoms with Gasteiger partial charge in [0, 0.05) is 38.1 Å². The molecule has 2 saturated heterocycles. The summed E-state index contributed by atoms with van der Waals surface area (Å²) < 4.78 is 0. The van der Waals surface area contributed by atoms with Gasteiger partial charge in [0.2, 0.25) is 11.8 Å². The van der Waals surface area contributed by atoms with Crippen molar-refractivity contribution < 1.29 is 19.5 Å². The fraction of sp³-hybridized carbons (Fsp3) is 0.250. The van der Waals surface area contributed by atoms with Crippen LogP contribution in [0.15, 0.2) is 91.1 Å². The molecule has 3 aromatic carbocycles. The third kappa shape index (κ3) is 5.36. The molecule has 0 aliphatic carbocycles. The monoisotopic (exact) mass is 564 g/mol. The van der Waals surface area contributed by atoms with Gasteiger partial charge in [-0.2, -0.15) is 0 Å². The number of para-hydroxylation sites is 1. The minimum absolute atomic E-state index is 0.0398. The Labute approximate surface area is 243 Å². The summed E-state index contributed by atoms with van der Waals surface area (Å²) in [6.45, 7) is 0.706. The standard InChI is InChI=1S/C32H32N6O4/c1-35-21-29(40)37-27(17-22-12-14-26(39)15-13-22)31(41)36(19-25-10-5-9-24-11-6-16-33-30(24)25)20-28(37)38(35)32(42)34-18-23-7-3-2-4-8-23/h2-16,27-28,39H,17-21H2,1H3,(H,34,42). The molecule has 10 heteroatoms. The normalized spacial score (nSPS) is 19.2. The molecule has 0 bridgehead atoms. The number of aromatic nitrogens is 1. The molecule has 10 nitrogen and oxygen atoms in total. The van der Waals surface area contributed by atoms with E-state index in [9.17, 15) is 19.5 Å². The predicted molar refractivity (Wildman–Crippen MR) is 157 cm³/mol. The number of fused-ring (bicyclic) bond motifs is 2. The van der Waals surface area contributed by atoms with E-state index in [1.165, 1.54) is 0 Å². The van der Waals surface area contributed by atoms with E-state index in [-0.39, 0.29) is 49.7 Å². The first-order valence-electron chi connectivity index (χ1n) is 13.9. The predicted octanol–water partition coefficient (Wildman–Crippen LogP) is 3.12. The number of carbonyl (C=O) groups is 3. The van der Waals surface area contributed by atoms with Crippen LogP contribution in [0.5, 0.6) is 5.75 Å². The molecule has 1 aromatic heterocycles. The minimum atomic E-state index is -0.832. The SMILES string of the molecule is CN1CC(=O)N2C(Cc3ccc(O)cc3)C(=O)N(Cc3cccc4cccnc34)CC2N1C(=O)NCc1ccccc1. The molecule has 0 saturated carbocycles. The number of hydrazine groups is 1. The van der Waals surface area contributed by atoms with Crippen molar-refractivity contribution in [1.29, 1.82) is 0 Å². The largest absolute Gasteiger partial charge is 0.508 e. The lowest BCUT2D eigenvalue weighted by Crippen LogP contribution is -2.76. The lowest BCUT2D eigenvalue weighted by molar-refractivity contribution is -0.187. The van der Waals surface area contributed by atoms with E-state index in [0.29, 0.717) is 6.54 Å². The van der Waals surface area contributed by atoms with Gasteiger partial charge < -0.3 is 20.2 Å². The van der Waals surface area contributed by atoms with Crippen molar-refractivity contribution in [1.82, 2.24) is 30.1 Å². The Hall–Kier alpha value is -4.96. The maximum Gasteiger partial charge on any atom is 0.334 e. The highest BCUT2D eigenvalue weighted by Gasteiger charge is 2.50. The van der Waals surface area contributed by atoms with Crippen LogP contribution in [0.1, 0.15) is 16.7 Å². The zero-order chi connectivity index (χ0) is 29.2. The topological polar surface area (TPSA) is 109 Å². The summed E-state index contributed by atoms with van der Waals surface area (Å²) in [5, 5.41) is 16.9. The fourth-order valence-electron chi connectivity index (χ4n) is 5.86. The summed E-state index contributed by atoms with van der Waals surface area (Å²) >= 11 is 0. The Bertz CT molecular complexity index is 1610. The third-order valence-electron chi connectivity index (χ3n) is 7.88. The van der Waals surface area contributed by atoms with Crippen LogP contribution in [0.3, 0.4) is 0 Å². The number of hydrogen-bond acceptors (Lipinski definition) is 6. The highest BCUT2D eigenvalue weighted by Crippen LogP contribution is 2.30. The van der Waals surface area contributed by atoms with Crippen molar-refractivity contribution in [2.75, 3.05) is 20.1 Å². The smallest absolute Gasteiger partial charge is 0.334 e. The number of benzene rings is 3. The number of carbonyl (C=O) groups excluding carboxylic acids is 3. The lowest BCUT2D eigenvalue weighted by Gasteiger charge is -2.54. The van der Waals surface area contributed by atoms with E-state index in [2.05, 4.69) is 10.3 Å². The van der Waals surface area contributed by atoms with Gasteiger partial charge in [-0.3, -0.25) is 14.6 Å². The van der Waals surface area contributed by atoms with Crippen molar-refractivity contribution in [3.8, 4) is 5.75 Å². The Balaban J connectivity index is 1.34. The van der Waals surface area contributed by atoms with E-state index in [4.69, 9.17) is 0 Å². The molecular formula is C32H32N6O4. The molecule has 2 aliphatic rings. The molecule has 0 radical (unpaired) electrons. The van der Waals surface area contributed by atoms with Crippen LogP contribution in [-0.2, 0) is 29.1 Å². The number of piperazine rings is 1. The quantitative estimate of drug-likeness (QED) is 0.373. The van der Waals surface area contributed by atoms with Gasteiger partial charge in [0.1, 0.15) is 18.0 Å². The van der Waals surface area contributed by atoms with Crippen LogP contribution < -0.4 is 5.32 Å². The second-order valence-corrected chi connectivity index (χ2v) is 10.7. The summed E-state index contributed by atoms with van der Waals surface area (Å²) in [6, 6.07) is 24.8. The first-order valence-corrected chi connectivity index (χ1v) is 13.9. The number of aromatic hydroxyl groups is 1. The summed E-state index contributed by atoms with van der Waals surface area (Å²) in [5.74, 6) is -0.304. The average molecular weight is 565 g/mol. The first kappa shape index (κ1) is 27.2. The average Bonchev–Trinajstić information content (AvgIpc) is 2.99. The highest BCUT2D eigenvalue weighted by molar-refractivity contribution is 5.92. The molecule has 4 aromatic rings. The van der Waals surface area contributed by atoms with Gasteiger partial charge in [0.25, 0.3) is 0 Å². The number of amides is 4. The van der Waals surface area contributed by atoms with Gasteiger partial charge in [0.15, 0.2) is 0 Å². The molecule has 2 N–H and O–H groups in total. The Kier molecular flexibility index (Phi) is 7.45. The van der Waals surface area contributed by atoms with E-state index in [1.54, 1.807) is 57.3 Å². The molecule has 6 rings (SSSR count). The lowest BCUT2D eigenvalue weighted by atomic mass is 9.98. The van der Waals surface area contributed by atoms with Gasteiger partial charge in [-0.25, -0.2) is 14.8 Å². The number of pyridine rings is 1. The van der Waals surface area contributed by atoms with Crippen LogP contribution >= 0.6 is 0 Å². The number of phenols is 1. The van der Waals surface area contributed by atoms with Crippen LogP contribution in [-0.4, -0.2) is 80.1 Å². The van der Waals surface area contributed by atoms with Crippen LogP contribution in [0.2, 0.25) is 0 Å². The summed E-state index contributed by atoms with van der Waals surface area (Å²) in [7, 11) is 1.71. The zero-order valence-corrected chi connectivity index (χ0v) is 23.3. The molecule has 214 valence electrons. The van der Waals surface area contributed by atoms with Crippen molar-refractivity contribution >= 4 is 28.7 Å². The van der Waals surface area contributed by atoms with Gasteiger partial charge in [-0.15, -0.1) is 0 Å². The van der Waals surface area contributed by atoms with Gasteiger partial charge in [-0.05, 0) is 34.9 Å². The number of phenolic OH excluding ortho intramolecular Hbond substituents is 1. The maximum absolute atomic E-state index is 14.1. The Morgan fingerprint density at radius 3 is 2.50 bits per heavy atom. The molecule has 3 heterocycles. The summed E-state index contributed by atoms with van der Waals surface area (Å²) in [5.41, 5.74) is 3.44. The van der Waals surface area contributed by atoms with E-state index in [0.717, 1.165) is 27.6 Å². The summed E-state index contributed by atoms with van der Waals surface area (Å²) in [6.07, 6.45) is 1.26. The number of nitrogens with zero attached hydrogens (tertiary/aromatic N) is 5. The summed E-state index contributed by atoms with van der Waals surface area (Å²) in [4.78, 5) is 49.2. The number of hydrogen-bond donors (Lipinski definition) is 2. The van der Waals surface area contributed by atoms with E-state index in [1.807, 2.05) is 60.7 Å². The van der Waals surface area contributed by atoms with Crippen molar-refractivity contribution in [3.05, 3.63) is 108 Å². The maximum atomic E-state index is 14.1. The van der Waals surface area contributed by atoms with Crippen LogP contribution in [0.25, 0.3) is 10.9 Å². The van der Waals surface area contributed by atoms with Crippen LogP contribution in [0, 0.1) is 0 Å². The van der Waals surface area contributed by atoms with Gasteiger partial charge in [-0.1, -0.05) is 66.7 Å². The number of rotatable bonds is 6. The molecule has 2 aliphatic heterocycles. The van der Waals surface area contributed by atoms with Crippen molar-refractivity contribution in [2.24, 2.45) is 0 Å². The van der Waals surface area contributed by atoms with Crippen molar-refractivity contribution in [2.45, 2.75) is 31.7 Å². The molecular weight excluding hydrogens is 532 g/mol. The van der Waals surface area contributed by atoms with Crippen LogP contribution in [0.4, 0.5) is 4.79 Å². The minimum Gasteiger partial charge on any atom is -0.508 e. The fourth-order valence-corrected chi connectivity index (χ4v) is 5.86. The number of urea groups is 1. The molecule has 2 fully saturated rings. The van der Waals surface area contributed by atoms with Gasteiger partial charge >= 0.3 is 6.03 Å². The molecule has 4 amide bonds. The molecule has 0 spiro atoms. The Morgan fingerprint density at radius 1 is 0.952 bits per heavy atom. The van der Waals surface area contributed by atoms with E-state index >= 15 is 0 Å². The second-order valence-electron chi connectivity index (χ2n) is 10.7. The van der Waals surface area contributed by atoms with Gasteiger partial charge in [0.05, 0.1) is 18.6 Å². The number of likely N-dealkylation sites (N-methyl/N-ethyl adjacent to an activating group) is 1. The Morgan fingerprint density at radius 2 is 1.71 bits per heavy atom. The molecule has 2 atom stereocenters. The third-order valence-corrected chi connectivity index (χ3v) is 7.88. The second kappa shape index (κ2) is 11.5. The van der Waals surface area contributed by atoms with E-state index < -0.39 is 12.2 Å².